The van der Waals surface area contributed by atoms with Gasteiger partial charge in [-0.15, -0.1) is 0 Å². The van der Waals surface area contributed by atoms with Crippen molar-refractivity contribution in [2.24, 2.45) is 0 Å². The topological polar surface area (TPSA) is 123 Å². The van der Waals surface area contributed by atoms with E-state index in [-0.39, 0.29) is 25.2 Å². The average Bonchev–Trinajstić information content (AvgIpc) is 3.56. The number of hydrogen-bond donors (Lipinski definition) is 3. The quantitative estimate of drug-likeness (QED) is 0.0580. The van der Waals surface area contributed by atoms with Gasteiger partial charge in [-0.3, -0.25) is 9.59 Å². The van der Waals surface area contributed by atoms with Crippen LogP contribution >= 0.6 is 0 Å². The number of carbonyl (C=O) groups is 3. The Labute approximate surface area is 357 Å². The van der Waals surface area contributed by atoms with Gasteiger partial charge in [0.1, 0.15) is 12.6 Å². The van der Waals surface area contributed by atoms with Gasteiger partial charge in [-0.2, -0.15) is 0 Å². The lowest BCUT2D eigenvalue weighted by Gasteiger charge is -2.22. The molecule has 2 unspecified atom stereocenters. The largest absolute Gasteiger partial charge is 0.481 e. The molecule has 9 nitrogen and oxygen atoms in total. The maximum Gasteiger partial charge on any atom is 0.407 e. The van der Waals surface area contributed by atoms with Crippen molar-refractivity contribution < 1.29 is 33.7 Å². The summed E-state index contributed by atoms with van der Waals surface area (Å²) in [7, 11) is 0. The minimum atomic E-state index is -1.30. The first-order valence-electron chi connectivity index (χ1n) is 23.7. The minimum Gasteiger partial charge on any atom is -0.481 e. The highest BCUT2D eigenvalue weighted by Gasteiger charge is 2.30. The van der Waals surface area contributed by atoms with Crippen molar-refractivity contribution in [2.75, 3.05) is 33.0 Å². The highest BCUT2D eigenvalue weighted by Crippen LogP contribution is 2.44. The molecule has 9 heteroatoms. The minimum absolute atomic E-state index is 0.0623. The lowest BCUT2D eigenvalue weighted by Crippen LogP contribution is -2.50. The van der Waals surface area contributed by atoms with Crippen LogP contribution in [0.4, 0.5) is 4.79 Å². The number of benzene rings is 2. The van der Waals surface area contributed by atoms with Crippen LogP contribution in [0.1, 0.15) is 191 Å². The summed E-state index contributed by atoms with van der Waals surface area (Å²) >= 11 is 0. The van der Waals surface area contributed by atoms with Crippen LogP contribution in [0.25, 0.3) is 11.1 Å². The number of aliphatic carboxylic acids is 1. The van der Waals surface area contributed by atoms with Crippen molar-refractivity contribution in [1.29, 1.82) is 0 Å². The van der Waals surface area contributed by atoms with Crippen LogP contribution in [0.15, 0.2) is 48.5 Å². The number of unbranched alkanes of at least 4 members (excludes halogenated alkanes) is 22. The molecule has 2 aromatic rings. The van der Waals surface area contributed by atoms with E-state index in [0.29, 0.717) is 19.8 Å². The van der Waals surface area contributed by atoms with E-state index in [0.717, 1.165) is 47.9 Å². The van der Waals surface area contributed by atoms with Crippen molar-refractivity contribution in [3.05, 3.63) is 59.7 Å². The molecule has 1 aliphatic carbocycles. The number of ether oxygens (including phenoxy) is 3. The molecule has 0 saturated heterocycles. The van der Waals surface area contributed by atoms with E-state index in [1.807, 2.05) is 36.4 Å². The summed E-state index contributed by atoms with van der Waals surface area (Å²) in [5.74, 6) is -1.95. The zero-order valence-electron chi connectivity index (χ0n) is 37.0. The number of amides is 2. The van der Waals surface area contributed by atoms with Gasteiger partial charge in [0, 0.05) is 25.7 Å². The molecule has 2 aromatic carbocycles. The zero-order valence-corrected chi connectivity index (χ0v) is 37.0. The summed E-state index contributed by atoms with van der Waals surface area (Å²) in [6.07, 6.45) is 28.7. The Morgan fingerprint density at radius 3 is 1.53 bits per heavy atom. The summed E-state index contributed by atoms with van der Waals surface area (Å²) in [6.45, 7) is 6.27. The maximum atomic E-state index is 13.4. The van der Waals surface area contributed by atoms with Crippen LogP contribution in [-0.2, 0) is 23.8 Å². The molecule has 3 rings (SSSR count). The zero-order chi connectivity index (χ0) is 42.2. The molecule has 332 valence electrons. The summed E-state index contributed by atoms with van der Waals surface area (Å²) in [5.41, 5.74) is 4.34. The molecule has 0 aliphatic heterocycles. The molecule has 0 aromatic heterocycles. The van der Waals surface area contributed by atoms with Gasteiger partial charge in [0.15, 0.2) is 0 Å². The van der Waals surface area contributed by atoms with Crippen molar-refractivity contribution >= 4 is 18.0 Å². The highest BCUT2D eigenvalue weighted by atomic mass is 16.5. The van der Waals surface area contributed by atoms with Gasteiger partial charge in [0.2, 0.25) is 5.91 Å². The van der Waals surface area contributed by atoms with E-state index in [4.69, 9.17) is 14.2 Å². The summed E-state index contributed by atoms with van der Waals surface area (Å²) in [5, 5.41) is 15.0. The first-order valence-corrected chi connectivity index (χ1v) is 23.7. The second-order valence-corrected chi connectivity index (χ2v) is 16.7. The normalized spacial score (nSPS) is 13.1. The van der Waals surface area contributed by atoms with Gasteiger partial charge in [-0.1, -0.05) is 204 Å². The molecule has 2 atom stereocenters. The molecular formula is C50H80N2O7. The van der Waals surface area contributed by atoms with Crippen LogP contribution in [0, 0.1) is 0 Å². The number of fused-ring (bicyclic) bond motifs is 3. The van der Waals surface area contributed by atoms with Gasteiger partial charge in [-0.25, -0.2) is 4.79 Å². The Morgan fingerprint density at radius 1 is 0.610 bits per heavy atom. The molecule has 1 aliphatic rings. The standard InChI is InChI=1S/C50H80N2O7/c1-3-5-7-9-11-13-15-17-19-21-23-29-35-57-39-41(58-36-30-24-22-20-18-16-14-12-10-8-6-4-2)38-51-49(55)47(37-48(53)54)52-50(56)59-40-46-44-33-27-25-31-42(44)43-32-26-28-34-45(43)46/h25-28,31-34,41,46-47H,3-24,29-30,35-40H2,1-2H3,(H,51,55)(H,52,56)(H,53,54). The van der Waals surface area contributed by atoms with Gasteiger partial charge in [0.25, 0.3) is 0 Å². The summed E-state index contributed by atoms with van der Waals surface area (Å²) in [4.78, 5) is 38.1. The third kappa shape index (κ3) is 21.6. The van der Waals surface area contributed by atoms with E-state index in [2.05, 4.69) is 36.6 Å². The van der Waals surface area contributed by atoms with Crippen LogP contribution < -0.4 is 10.6 Å². The highest BCUT2D eigenvalue weighted by molar-refractivity contribution is 5.89. The second kappa shape index (κ2) is 32.4. The third-order valence-electron chi connectivity index (χ3n) is 11.6. The van der Waals surface area contributed by atoms with E-state index < -0.39 is 30.4 Å². The lowest BCUT2D eigenvalue weighted by atomic mass is 9.98. The monoisotopic (exact) mass is 821 g/mol. The molecule has 0 radical (unpaired) electrons. The van der Waals surface area contributed by atoms with E-state index in [9.17, 15) is 19.5 Å². The molecule has 2 amide bonds. The molecule has 3 N–H and O–H groups in total. The first kappa shape index (κ1) is 49.9. The van der Waals surface area contributed by atoms with Crippen LogP contribution in [0.3, 0.4) is 0 Å². The Bertz CT molecular complexity index is 1370. The van der Waals surface area contributed by atoms with Gasteiger partial charge in [0.05, 0.1) is 19.1 Å². The van der Waals surface area contributed by atoms with Gasteiger partial charge < -0.3 is 30.0 Å². The fourth-order valence-corrected chi connectivity index (χ4v) is 8.12. The van der Waals surface area contributed by atoms with Crippen LogP contribution in [0.2, 0.25) is 0 Å². The van der Waals surface area contributed by atoms with Crippen molar-refractivity contribution in [2.45, 2.75) is 192 Å². The lowest BCUT2D eigenvalue weighted by molar-refractivity contribution is -0.140. The predicted octanol–water partition coefficient (Wildman–Crippen LogP) is 12.3. The smallest absolute Gasteiger partial charge is 0.407 e. The number of carboxylic acids is 1. The molecule has 59 heavy (non-hydrogen) atoms. The summed E-state index contributed by atoms with van der Waals surface area (Å²) in [6, 6.07) is 14.8. The third-order valence-corrected chi connectivity index (χ3v) is 11.6. The van der Waals surface area contributed by atoms with Gasteiger partial charge >= 0.3 is 12.1 Å². The maximum absolute atomic E-state index is 13.4. The van der Waals surface area contributed by atoms with Crippen LogP contribution in [-0.4, -0.2) is 68.2 Å². The Kier molecular flexibility index (Phi) is 27.4. The van der Waals surface area contributed by atoms with E-state index in [1.165, 1.54) is 128 Å². The van der Waals surface area contributed by atoms with Gasteiger partial charge in [-0.05, 0) is 35.1 Å². The fraction of sp³-hybridized carbons (Fsp3) is 0.700. The Balaban J connectivity index is 1.41. The predicted molar refractivity (Wildman–Crippen MR) is 240 cm³/mol. The molecule has 0 heterocycles. The molecular weight excluding hydrogens is 741 g/mol. The number of carbonyl (C=O) groups excluding carboxylic acids is 2. The number of rotatable bonds is 37. The Morgan fingerprint density at radius 2 is 1.05 bits per heavy atom. The average molecular weight is 821 g/mol. The molecule has 0 spiro atoms. The number of alkyl carbamates (subject to hydrolysis) is 1. The van der Waals surface area contributed by atoms with E-state index in [1.54, 1.807) is 0 Å². The second-order valence-electron chi connectivity index (χ2n) is 16.7. The van der Waals surface area contributed by atoms with E-state index >= 15 is 0 Å². The SMILES string of the molecule is CCCCCCCCCCCCCCOCC(CNC(=O)C(CC(=O)O)NC(=O)OCC1c2ccccc2-c2ccccc21)OCCCCCCCCCCCCCC. The molecule has 0 saturated carbocycles. The first-order chi connectivity index (χ1) is 28.9. The molecule has 0 bridgehead atoms. The Hall–Kier alpha value is -3.43. The number of nitrogens with one attached hydrogen (secondary N) is 2. The number of carboxylic acid groups (broad SMARTS) is 1. The molecule has 0 fully saturated rings. The van der Waals surface area contributed by atoms with Crippen molar-refractivity contribution in [3.8, 4) is 11.1 Å². The fourth-order valence-electron chi connectivity index (χ4n) is 8.12. The van der Waals surface area contributed by atoms with Crippen molar-refractivity contribution in [1.82, 2.24) is 10.6 Å². The number of hydrogen-bond acceptors (Lipinski definition) is 6. The summed E-state index contributed by atoms with van der Waals surface area (Å²) < 4.78 is 17.9. The van der Waals surface area contributed by atoms with Crippen LogP contribution in [0.5, 0.6) is 0 Å². The van der Waals surface area contributed by atoms with Crippen molar-refractivity contribution in [3.63, 3.8) is 0 Å².